The zero-order valence-corrected chi connectivity index (χ0v) is 15.2. The van der Waals surface area contributed by atoms with Crippen molar-refractivity contribution in [1.29, 1.82) is 0 Å². The van der Waals surface area contributed by atoms with Gasteiger partial charge in [-0.2, -0.15) is 5.10 Å². The summed E-state index contributed by atoms with van der Waals surface area (Å²) in [4.78, 5) is 11.9. The Labute approximate surface area is 143 Å². The molecule has 1 N–H and O–H groups in total. The number of rotatable bonds is 4. The van der Waals surface area contributed by atoms with Crippen LogP contribution >= 0.6 is 15.9 Å². The van der Waals surface area contributed by atoms with Gasteiger partial charge in [-0.05, 0) is 54.4 Å². The van der Waals surface area contributed by atoms with E-state index in [0.29, 0.717) is 17.0 Å². The Morgan fingerprint density at radius 2 is 1.96 bits per heavy atom. The van der Waals surface area contributed by atoms with Crippen LogP contribution in [0.3, 0.4) is 0 Å². The molecule has 1 amide bonds. The summed E-state index contributed by atoms with van der Waals surface area (Å²) >= 11 is 3.33. The van der Waals surface area contributed by atoms with E-state index in [-0.39, 0.29) is 0 Å². The molecule has 0 atom stereocenters. The molecule has 0 saturated carbocycles. The monoisotopic (exact) mass is 381 g/mol. The molecule has 1 aromatic carbocycles. The Bertz CT molecular complexity index is 675. The highest BCUT2D eigenvalue weighted by molar-refractivity contribution is 9.10. The lowest BCUT2D eigenvalue weighted by Crippen LogP contribution is -2.28. The highest BCUT2D eigenvalue weighted by Crippen LogP contribution is 2.19. The number of hydrogen-bond donors (Lipinski definition) is 1. The standard InChI is InChI=1S/C16H20BrN3O3/c1-16(2,3)23-15(21)18-14-9-13(17)19-20(14)10-11-5-7-12(22-4)8-6-11/h5-9H,10H2,1-4H3,(H,18,21). The van der Waals surface area contributed by atoms with Crippen molar-refractivity contribution in [3.05, 3.63) is 40.5 Å². The summed E-state index contributed by atoms with van der Waals surface area (Å²) in [6.45, 7) is 5.96. The normalized spacial score (nSPS) is 11.2. The van der Waals surface area contributed by atoms with Crippen molar-refractivity contribution in [3.63, 3.8) is 0 Å². The van der Waals surface area contributed by atoms with E-state index in [0.717, 1.165) is 11.3 Å². The van der Waals surface area contributed by atoms with E-state index in [2.05, 4.69) is 26.3 Å². The Morgan fingerprint density at radius 1 is 1.30 bits per heavy atom. The molecule has 2 aromatic rings. The van der Waals surface area contributed by atoms with E-state index in [1.165, 1.54) is 0 Å². The van der Waals surface area contributed by atoms with E-state index in [1.807, 2.05) is 45.0 Å². The van der Waals surface area contributed by atoms with Crippen LogP contribution in [0.25, 0.3) is 0 Å². The number of nitrogens with one attached hydrogen (secondary N) is 1. The maximum atomic E-state index is 11.9. The first-order valence-corrected chi connectivity index (χ1v) is 7.92. The molecule has 0 radical (unpaired) electrons. The van der Waals surface area contributed by atoms with Crippen molar-refractivity contribution < 1.29 is 14.3 Å². The zero-order chi connectivity index (χ0) is 17.0. The largest absolute Gasteiger partial charge is 0.497 e. The molecule has 0 saturated heterocycles. The molecule has 124 valence electrons. The molecule has 1 aromatic heterocycles. The molecule has 0 aliphatic heterocycles. The van der Waals surface area contributed by atoms with Gasteiger partial charge in [-0.15, -0.1) is 0 Å². The van der Waals surface area contributed by atoms with E-state index in [1.54, 1.807) is 17.9 Å². The Morgan fingerprint density at radius 3 is 2.52 bits per heavy atom. The van der Waals surface area contributed by atoms with Crippen molar-refractivity contribution in [2.75, 3.05) is 12.4 Å². The van der Waals surface area contributed by atoms with Gasteiger partial charge in [0.2, 0.25) is 0 Å². The Hall–Kier alpha value is -2.02. The van der Waals surface area contributed by atoms with Crippen LogP contribution in [0.2, 0.25) is 0 Å². The summed E-state index contributed by atoms with van der Waals surface area (Å²) in [6.07, 6.45) is -0.513. The van der Waals surface area contributed by atoms with Crippen LogP contribution in [-0.2, 0) is 11.3 Å². The van der Waals surface area contributed by atoms with Crippen molar-refractivity contribution in [2.45, 2.75) is 32.9 Å². The summed E-state index contributed by atoms with van der Waals surface area (Å²) in [5.41, 5.74) is 0.482. The van der Waals surface area contributed by atoms with Gasteiger partial charge >= 0.3 is 6.09 Å². The third kappa shape index (κ3) is 5.28. The minimum atomic E-state index is -0.553. The van der Waals surface area contributed by atoms with E-state index >= 15 is 0 Å². The van der Waals surface area contributed by atoms with Gasteiger partial charge in [0.1, 0.15) is 21.8 Å². The van der Waals surface area contributed by atoms with Crippen LogP contribution in [0, 0.1) is 0 Å². The maximum Gasteiger partial charge on any atom is 0.413 e. The zero-order valence-electron chi connectivity index (χ0n) is 13.6. The molecular weight excluding hydrogens is 362 g/mol. The second kappa shape index (κ2) is 7.04. The predicted octanol–water partition coefficient (Wildman–Crippen LogP) is 4.05. The third-order valence-electron chi connectivity index (χ3n) is 2.87. The molecule has 0 spiro atoms. The number of hydrogen-bond acceptors (Lipinski definition) is 4. The third-order valence-corrected chi connectivity index (χ3v) is 3.26. The predicted molar refractivity (Wildman–Crippen MR) is 91.9 cm³/mol. The maximum absolute atomic E-state index is 11.9. The second-order valence-electron chi connectivity index (χ2n) is 5.98. The second-order valence-corrected chi connectivity index (χ2v) is 6.80. The van der Waals surface area contributed by atoms with Crippen molar-refractivity contribution in [1.82, 2.24) is 9.78 Å². The number of benzene rings is 1. The average Bonchev–Trinajstić information content (AvgIpc) is 2.77. The highest BCUT2D eigenvalue weighted by Gasteiger charge is 2.18. The SMILES string of the molecule is COc1ccc(Cn2nc(Br)cc2NC(=O)OC(C)(C)C)cc1. The molecule has 1 heterocycles. The lowest BCUT2D eigenvalue weighted by atomic mass is 10.2. The molecular formula is C16H20BrN3O3. The lowest BCUT2D eigenvalue weighted by Gasteiger charge is -2.19. The first kappa shape index (κ1) is 17.3. The molecule has 7 heteroatoms. The summed E-state index contributed by atoms with van der Waals surface area (Å²) in [5, 5.41) is 7.05. The van der Waals surface area contributed by atoms with Gasteiger partial charge in [-0.25, -0.2) is 9.48 Å². The highest BCUT2D eigenvalue weighted by atomic mass is 79.9. The quantitative estimate of drug-likeness (QED) is 0.867. The lowest BCUT2D eigenvalue weighted by molar-refractivity contribution is 0.0634. The van der Waals surface area contributed by atoms with Gasteiger partial charge in [0.15, 0.2) is 0 Å². The number of halogens is 1. The number of nitrogens with zero attached hydrogens (tertiary/aromatic N) is 2. The van der Waals surface area contributed by atoms with Gasteiger partial charge in [-0.3, -0.25) is 5.32 Å². The topological polar surface area (TPSA) is 65.4 Å². The van der Waals surface area contributed by atoms with Crippen molar-refractivity contribution in [3.8, 4) is 5.75 Å². The Balaban J connectivity index is 2.11. The number of anilines is 1. The summed E-state index contributed by atoms with van der Waals surface area (Å²) in [5.74, 6) is 1.35. The molecule has 0 bridgehead atoms. The molecule has 6 nitrogen and oxygen atoms in total. The van der Waals surface area contributed by atoms with Gasteiger partial charge < -0.3 is 9.47 Å². The van der Waals surface area contributed by atoms with Gasteiger partial charge in [-0.1, -0.05) is 12.1 Å². The molecule has 0 aliphatic rings. The fourth-order valence-electron chi connectivity index (χ4n) is 1.92. The van der Waals surface area contributed by atoms with Crippen LogP contribution in [0.1, 0.15) is 26.3 Å². The van der Waals surface area contributed by atoms with E-state index in [9.17, 15) is 4.79 Å². The number of carbonyl (C=O) groups excluding carboxylic acids is 1. The number of methoxy groups -OCH3 is 1. The van der Waals surface area contributed by atoms with Gasteiger partial charge in [0, 0.05) is 6.07 Å². The van der Waals surface area contributed by atoms with Crippen LogP contribution < -0.4 is 10.1 Å². The number of carbonyl (C=O) groups is 1. The fourth-order valence-corrected chi connectivity index (χ4v) is 2.33. The summed E-state index contributed by atoms with van der Waals surface area (Å²) < 4.78 is 12.7. The molecule has 0 fully saturated rings. The van der Waals surface area contributed by atoms with Crippen LogP contribution in [0.4, 0.5) is 10.6 Å². The molecule has 2 rings (SSSR count). The van der Waals surface area contributed by atoms with Gasteiger partial charge in [0.25, 0.3) is 0 Å². The van der Waals surface area contributed by atoms with Crippen LogP contribution in [-0.4, -0.2) is 28.6 Å². The molecule has 0 unspecified atom stereocenters. The van der Waals surface area contributed by atoms with Gasteiger partial charge in [0.05, 0.1) is 13.7 Å². The Kier molecular flexibility index (Phi) is 5.30. The minimum Gasteiger partial charge on any atom is -0.497 e. The summed E-state index contributed by atoms with van der Waals surface area (Å²) in [6, 6.07) is 9.40. The first-order chi connectivity index (χ1) is 10.8. The van der Waals surface area contributed by atoms with Crippen molar-refractivity contribution in [2.24, 2.45) is 0 Å². The number of amides is 1. The number of aromatic nitrogens is 2. The van der Waals surface area contributed by atoms with Crippen molar-refractivity contribution >= 4 is 27.8 Å². The molecule has 0 aliphatic carbocycles. The number of ether oxygens (including phenoxy) is 2. The molecule has 23 heavy (non-hydrogen) atoms. The minimum absolute atomic E-state index is 0.513. The smallest absolute Gasteiger partial charge is 0.413 e. The first-order valence-electron chi connectivity index (χ1n) is 7.13. The summed E-state index contributed by atoms with van der Waals surface area (Å²) in [7, 11) is 1.63. The van der Waals surface area contributed by atoms with Crippen LogP contribution in [0.5, 0.6) is 5.75 Å². The average molecular weight is 382 g/mol. The van der Waals surface area contributed by atoms with E-state index < -0.39 is 11.7 Å². The van der Waals surface area contributed by atoms with E-state index in [4.69, 9.17) is 9.47 Å². The fraction of sp³-hybridized carbons (Fsp3) is 0.375. The van der Waals surface area contributed by atoms with Crippen LogP contribution in [0.15, 0.2) is 34.9 Å².